The van der Waals surface area contributed by atoms with Crippen LogP contribution in [0.2, 0.25) is 0 Å². The minimum Gasteiger partial charge on any atom is -0.493 e. The Labute approximate surface area is 137 Å². The molecule has 1 fully saturated rings. The first kappa shape index (κ1) is 17.6. The van der Waals surface area contributed by atoms with E-state index in [9.17, 15) is 4.79 Å². The molecule has 1 aromatic rings. The number of carbonyl (C=O) groups excluding carboxylic acids is 1. The lowest BCUT2D eigenvalue weighted by atomic mass is 9.95. The summed E-state index contributed by atoms with van der Waals surface area (Å²) in [5.74, 6) is 1.05. The van der Waals surface area contributed by atoms with E-state index in [-0.39, 0.29) is 18.1 Å². The van der Waals surface area contributed by atoms with E-state index in [1.165, 1.54) is 0 Å². The summed E-state index contributed by atoms with van der Waals surface area (Å²) in [5, 5.41) is 7.63. The van der Waals surface area contributed by atoms with Crippen LogP contribution in [0.5, 0.6) is 5.75 Å². The normalized spacial score (nSPS) is 19.7. The van der Waals surface area contributed by atoms with E-state index in [1.54, 1.807) is 18.2 Å². The average Bonchev–Trinajstić information content (AvgIpc) is 3.06. The van der Waals surface area contributed by atoms with Gasteiger partial charge in [-0.1, -0.05) is 0 Å². The van der Waals surface area contributed by atoms with Crippen molar-refractivity contribution in [1.82, 2.24) is 20.0 Å². The minimum absolute atomic E-state index is 0.0740. The van der Waals surface area contributed by atoms with E-state index >= 15 is 0 Å². The van der Waals surface area contributed by atoms with Gasteiger partial charge in [-0.25, -0.2) is 4.79 Å². The Morgan fingerprint density at radius 3 is 2.74 bits per heavy atom. The van der Waals surface area contributed by atoms with Crippen LogP contribution in [-0.2, 0) is 11.8 Å². The maximum atomic E-state index is 12.2. The molecule has 1 N–H and O–H groups in total. The number of aromatic nitrogens is 2. The van der Waals surface area contributed by atoms with Gasteiger partial charge in [0.25, 0.3) is 0 Å². The number of aryl methyl sites for hydroxylation is 1. The Bertz CT molecular complexity index is 550. The van der Waals surface area contributed by atoms with Gasteiger partial charge in [0.1, 0.15) is 5.60 Å². The monoisotopic (exact) mass is 324 g/mol. The van der Waals surface area contributed by atoms with Crippen LogP contribution in [0, 0.1) is 5.92 Å². The van der Waals surface area contributed by atoms with Gasteiger partial charge in [-0.3, -0.25) is 4.68 Å². The van der Waals surface area contributed by atoms with Gasteiger partial charge in [-0.15, -0.1) is 0 Å². The molecule has 0 aliphatic carbocycles. The van der Waals surface area contributed by atoms with Crippen LogP contribution in [0.1, 0.15) is 38.9 Å². The smallest absolute Gasteiger partial charge is 0.410 e. The SMILES string of the molecule is CNC(c1c(OC)cnn1C)C1CCN(C(=O)OC(C)(C)C)C1. The second-order valence-corrected chi connectivity index (χ2v) is 6.96. The van der Waals surface area contributed by atoms with Crippen molar-refractivity contribution in [3.8, 4) is 5.75 Å². The zero-order chi connectivity index (χ0) is 17.2. The topological polar surface area (TPSA) is 68.6 Å². The van der Waals surface area contributed by atoms with E-state index in [4.69, 9.17) is 9.47 Å². The molecule has 1 amide bonds. The molecule has 0 saturated carbocycles. The van der Waals surface area contributed by atoms with Gasteiger partial charge in [0.2, 0.25) is 0 Å². The van der Waals surface area contributed by atoms with Crippen LogP contribution < -0.4 is 10.1 Å². The highest BCUT2D eigenvalue weighted by Gasteiger charge is 2.36. The number of hydrogen-bond acceptors (Lipinski definition) is 5. The maximum absolute atomic E-state index is 12.2. The molecular weight excluding hydrogens is 296 g/mol. The van der Waals surface area contributed by atoms with Crippen molar-refractivity contribution in [3.05, 3.63) is 11.9 Å². The Morgan fingerprint density at radius 1 is 1.48 bits per heavy atom. The molecular formula is C16H28N4O3. The highest BCUT2D eigenvalue weighted by Crippen LogP contribution is 2.34. The molecule has 1 aromatic heterocycles. The summed E-state index contributed by atoms with van der Waals surface area (Å²) in [4.78, 5) is 14.0. The molecule has 130 valence electrons. The number of likely N-dealkylation sites (tertiary alicyclic amines) is 1. The molecule has 23 heavy (non-hydrogen) atoms. The quantitative estimate of drug-likeness (QED) is 0.917. The van der Waals surface area contributed by atoms with Crippen LogP contribution in [0.4, 0.5) is 4.79 Å². The number of nitrogens with zero attached hydrogens (tertiary/aromatic N) is 3. The summed E-state index contributed by atoms with van der Waals surface area (Å²) in [5.41, 5.74) is 0.536. The standard InChI is InChI=1S/C16H28N4O3/c1-16(2,3)23-15(21)20-8-7-11(10-20)13(17-4)14-12(22-6)9-18-19(14)5/h9,11,13,17H,7-8,10H2,1-6H3. The lowest BCUT2D eigenvalue weighted by molar-refractivity contribution is 0.0285. The van der Waals surface area contributed by atoms with Gasteiger partial charge in [0.15, 0.2) is 5.75 Å². The second-order valence-electron chi connectivity index (χ2n) is 6.96. The van der Waals surface area contributed by atoms with Crippen molar-refractivity contribution < 1.29 is 14.3 Å². The summed E-state index contributed by atoms with van der Waals surface area (Å²) in [6, 6.07) is 0.0740. The number of carbonyl (C=O) groups is 1. The van der Waals surface area contributed by atoms with Gasteiger partial charge >= 0.3 is 6.09 Å². The molecule has 1 saturated heterocycles. The number of hydrogen-bond donors (Lipinski definition) is 1. The van der Waals surface area contributed by atoms with Gasteiger partial charge < -0.3 is 19.7 Å². The van der Waals surface area contributed by atoms with Crippen LogP contribution in [0.3, 0.4) is 0 Å². The summed E-state index contributed by atoms with van der Waals surface area (Å²) >= 11 is 0. The molecule has 0 bridgehead atoms. The average molecular weight is 324 g/mol. The van der Waals surface area contributed by atoms with Crippen LogP contribution in [-0.4, -0.2) is 53.6 Å². The Balaban J connectivity index is 2.10. The van der Waals surface area contributed by atoms with Gasteiger partial charge in [-0.05, 0) is 40.2 Å². The number of amides is 1. The molecule has 1 aliphatic heterocycles. The van der Waals surface area contributed by atoms with E-state index in [2.05, 4.69) is 10.4 Å². The predicted molar refractivity (Wildman–Crippen MR) is 87.5 cm³/mol. The Hall–Kier alpha value is -1.76. The van der Waals surface area contributed by atoms with E-state index in [0.29, 0.717) is 13.1 Å². The maximum Gasteiger partial charge on any atom is 0.410 e. The zero-order valence-corrected chi connectivity index (χ0v) is 14.9. The largest absolute Gasteiger partial charge is 0.493 e. The summed E-state index contributed by atoms with van der Waals surface area (Å²) in [6.07, 6.45) is 2.39. The second kappa shape index (κ2) is 6.78. The number of methoxy groups -OCH3 is 1. The van der Waals surface area contributed by atoms with Crippen LogP contribution in [0.25, 0.3) is 0 Å². The molecule has 7 heteroatoms. The van der Waals surface area contributed by atoms with Gasteiger partial charge in [0.05, 0.1) is 25.0 Å². The molecule has 0 aromatic carbocycles. The Morgan fingerprint density at radius 2 is 2.17 bits per heavy atom. The number of rotatable bonds is 4. The molecule has 2 heterocycles. The van der Waals surface area contributed by atoms with Crippen molar-refractivity contribution >= 4 is 6.09 Å². The van der Waals surface area contributed by atoms with E-state index in [1.807, 2.05) is 39.5 Å². The minimum atomic E-state index is -0.469. The fourth-order valence-electron chi connectivity index (χ4n) is 3.09. The molecule has 7 nitrogen and oxygen atoms in total. The Kier molecular flexibility index (Phi) is 5.19. The number of ether oxygens (including phenoxy) is 2. The highest BCUT2D eigenvalue weighted by atomic mass is 16.6. The van der Waals surface area contributed by atoms with E-state index < -0.39 is 5.60 Å². The fraction of sp³-hybridized carbons (Fsp3) is 0.750. The highest BCUT2D eigenvalue weighted by molar-refractivity contribution is 5.68. The van der Waals surface area contributed by atoms with Crippen molar-refractivity contribution in [3.63, 3.8) is 0 Å². The van der Waals surface area contributed by atoms with Crippen LogP contribution >= 0.6 is 0 Å². The zero-order valence-electron chi connectivity index (χ0n) is 14.9. The third-order valence-electron chi connectivity index (χ3n) is 4.12. The van der Waals surface area contributed by atoms with Gasteiger partial charge in [-0.2, -0.15) is 5.10 Å². The molecule has 0 radical (unpaired) electrons. The summed E-state index contributed by atoms with van der Waals surface area (Å²) in [7, 11) is 5.48. The fourth-order valence-corrected chi connectivity index (χ4v) is 3.09. The first-order chi connectivity index (χ1) is 10.8. The molecule has 2 unspecified atom stereocenters. The molecule has 2 atom stereocenters. The van der Waals surface area contributed by atoms with Crippen molar-refractivity contribution in [1.29, 1.82) is 0 Å². The first-order valence-corrected chi connectivity index (χ1v) is 7.98. The lowest BCUT2D eigenvalue weighted by Gasteiger charge is -2.26. The summed E-state index contributed by atoms with van der Waals surface area (Å²) < 4.78 is 12.7. The first-order valence-electron chi connectivity index (χ1n) is 7.98. The van der Waals surface area contributed by atoms with E-state index in [0.717, 1.165) is 17.9 Å². The summed E-state index contributed by atoms with van der Waals surface area (Å²) in [6.45, 7) is 7.02. The van der Waals surface area contributed by atoms with Crippen molar-refractivity contribution in [2.75, 3.05) is 27.2 Å². The third kappa shape index (κ3) is 3.96. The predicted octanol–water partition coefficient (Wildman–Crippen LogP) is 1.95. The molecule has 2 rings (SSSR count). The van der Waals surface area contributed by atoms with Crippen LogP contribution in [0.15, 0.2) is 6.20 Å². The third-order valence-corrected chi connectivity index (χ3v) is 4.12. The van der Waals surface area contributed by atoms with Gasteiger partial charge in [0, 0.05) is 20.1 Å². The van der Waals surface area contributed by atoms with Crippen molar-refractivity contribution in [2.45, 2.75) is 38.8 Å². The molecule has 1 aliphatic rings. The molecule has 0 spiro atoms. The number of nitrogens with one attached hydrogen (secondary N) is 1. The van der Waals surface area contributed by atoms with Crippen molar-refractivity contribution in [2.24, 2.45) is 13.0 Å². The lowest BCUT2D eigenvalue weighted by Crippen LogP contribution is -2.36.